The van der Waals surface area contributed by atoms with E-state index in [4.69, 9.17) is 4.98 Å². The van der Waals surface area contributed by atoms with Crippen LogP contribution in [0.5, 0.6) is 0 Å². The van der Waals surface area contributed by atoms with Crippen LogP contribution in [0, 0.1) is 0 Å². The second-order valence-electron chi connectivity index (χ2n) is 13.2. The van der Waals surface area contributed by atoms with Crippen LogP contribution < -0.4 is 0 Å². The molecule has 0 spiro atoms. The third kappa shape index (κ3) is 4.89. The van der Waals surface area contributed by atoms with E-state index in [9.17, 15) is 0 Å². The summed E-state index contributed by atoms with van der Waals surface area (Å²) in [6.45, 7) is 0.783. The van der Waals surface area contributed by atoms with Crippen LogP contribution in [-0.4, -0.2) is 22.3 Å². The minimum Gasteiger partial charge on any atom is -0.297 e. The molecule has 240 valence electrons. The van der Waals surface area contributed by atoms with Crippen molar-refractivity contribution in [3.8, 4) is 50.5 Å². The average Bonchev–Trinajstić information content (AvgIpc) is 3.54. The first kappa shape index (κ1) is 29.3. The van der Waals surface area contributed by atoms with Crippen LogP contribution in [0.25, 0.3) is 82.9 Å². The Bertz CT molecular complexity index is 2720. The summed E-state index contributed by atoms with van der Waals surface area (Å²) in [6.07, 6.45) is 2.93. The Hall–Kier alpha value is -6.58. The van der Waals surface area contributed by atoms with Crippen molar-refractivity contribution in [1.82, 2.24) is 9.55 Å². The lowest BCUT2D eigenvalue weighted by Gasteiger charge is -2.18. The summed E-state index contributed by atoms with van der Waals surface area (Å²) < 4.78 is 2.34. The topological polar surface area (TPSA) is 30.2 Å². The highest BCUT2D eigenvalue weighted by Gasteiger charge is 2.21. The standard InChI is InChI=1S/C48H33N3/c1-3-12-32(13-4-1)36-26-27-44-41(30-36)42-31-49-29-28-45(42)51(44)46-21-11-20-43(50-46)33-22-24-35(25-23-33)48-39-18-9-7-16-37(39)47(34-14-5-2-6-15-34)38-17-8-10-19-40(38)48/h1-27,30-31H,28-29H2. The third-order valence-corrected chi connectivity index (χ3v) is 10.3. The van der Waals surface area contributed by atoms with Crippen LogP contribution in [0.3, 0.4) is 0 Å². The van der Waals surface area contributed by atoms with Crippen molar-refractivity contribution in [1.29, 1.82) is 0 Å². The van der Waals surface area contributed by atoms with Crippen LogP contribution in [0.4, 0.5) is 0 Å². The minimum absolute atomic E-state index is 0.783. The van der Waals surface area contributed by atoms with Crippen molar-refractivity contribution >= 4 is 38.7 Å². The zero-order chi connectivity index (χ0) is 33.7. The average molecular weight is 652 g/mol. The summed E-state index contributed by atoms with van der Waals surface area (Å²) in [5.74, 6) is 0.930. The zero-order valence-electron chi connectivity index (χ0n) is 28.0. The number of pyridine rings is 1. The lowest BCUT2D eigenvalue weighted by atomic mass is 9.86. The molecule has 0 unspecified atom stereocenters. The second-order valence-corrected chi connectivity index (χ2v) is 13.2. The highest BCUT2D eigenvalue weighted by molar-refractivity contribution is 6.21. The predicted octanol–water partition coefficient (Wildman–Crippen LogP) is 12.0. The van der Waals surface area contributed by atoms with Gasteiger partial charge in [-0.1, -0.05) is 146 Å². The Morgan fingerprint density at radius 2 is 0.980 bits per heavy atom. The van der Waals surface area contributed by atoms with E-state index >= 15 is 0 Å². The molecule has 3 heteroatoms. The van der Waals surface area contributed by atoms with Gasteiger partial charge in [0.2, 0.25) is 0 Å². The fourth-order valence-electron chi connectivity index (χ4n) is 8.03. The van der Waals surface area contributed by atoms with Gasteiger partial charge in [-0.25, -0.2) is 4.98 Å². The monoisotopic (exact) mass is 651 g/mol. The van der Waals surface area contributed by atoms with Crippen LogP contribution in [0.15, 0.2) is 175 Å². The van der Waals surface area contributed by atoms with Gasteiger partial charge in [0, 0.05) is 41.4 Å². The van der Waals surface area contributed by atoms with Gasteiger partial charge in [-0.2, -0.15) is 0 Å². The molecule has 0 N–H and O–H groups in total. The highest BCUT2D eigenvalue weighted by Crippen LogP contribution is 2.44. The summed E-state index contributed by atoms with van der Waals surface area (Å²) in [4.78, 5) is 9.97. The molecule has 9 aromatic rings. The van der Waals surface area contributed by atoms with E-state index in [0.717, 1.165) is 35.6 Å². The first-order valence-corrected chi connectivity index (χ1v) is 17.6. The van der Waals surface area contributed by atoms with Crippen molar-refractivity contribution in [3.63, 3.8) is 0 Å². The Labute approximate surface area is 296 Å². The van der Waals surface area contributed by atoms with E-state index in [0.29, 0.717) is 0 Å². The van der Waals surface area contributed by atoms with Gasteiger partial charge in [0.05, 0.1) is 11.2 Å². The number of rotatable bonds is 5. The van der Waals surface area contributed by atoms with E-state index < -0.39 is 0 Å². The van der Waals surface area contributed by atoms with Gasteiger partial charge in [0.15, 0.2) is 0 Å². The molecule has 2 aromatic heterocycles. The van der Waals surface area contributed by atoms with Gasteiger partial charge in [0.1, 0.15) is 5.82 Å². The Morgan fingerprint density at radius 3 is 1.63 bits per heavy atom. The number of hydrogen-bond acceptors (Lipinski definition) is 2. The van der Waals surface area contributed by atoms with Crippen LogP contribution in [0.1, 0.15) is 11.3 Å². The van der Waals surface area contributed by atoms with Crippen molar-refractivity contribution in [2.75, 3.05) is 6.54 Å². The summed E-state index contributed by atoms with van der Waals surface area (Å²) >= 11 is 0. The third-order valence-electron chi connectivity index (χ3n) is 10.3. The molecule has 10 rings (SSSR count). The van der Waals surface area contributed by atoms with Crippen LogP contribution >= 0.6 is 0 Å². The maximum absolute atomic E-state index is 5.29. The van der Waals surface area contributed by atoms with Crippen molar-refractivity contribution in [3.05, 3.63) is 181 Å². The molecule has 7 aromatic carbocycles. The van der Waals surface area contributed by atoms with Crippen molar-refractivity contribution in [2.45, 2.75) is 6.42 Å². The maximum Gasteiger partial charge on any atom is 0.138 e. The van der Waals surface area contributed by atoms with E-state index in [1.807, 2.05) is 0 Å². The highest BCUT2D eigenvalue weighted by atomic mass is 15.1. The minimum atomic E-state index is 0.783. The zero-order valence-corrected chi connectivity index (χ0v) is 28.0. The number of aliphatic imine (C=N–C) groups is 1. The number of hydrogen-bond donors (Lipinski definition) is 0. The molecule has 51 heavy (non-hydrogen) atoms. The summed E-state index contributed by atoms with van der Waals surface area (Å²) in [6, 6.07) is 61.1. The van der Waals surface area contributed by atoms with E-state index in [1.165, 1.54) is 71.6 Å². The summed E-state index contributed by atoms with van der Waals surface area (Å²) in [5.41, 5.74) is 13.1. The lowest BCUT2D eigenvalue weighted by molar-refractivity contribution is 0.861. The number of fused-ring (bicyclic) bond motifs is 5. The Balaban J connectivity index is 1.08. The quantitative estimate of drug-likeness (QED) is 0.170. The first-order valence-electron chi connectivity index (χ1n) is 17.6. The maximum atomic E-state index is 5.29. The molecule has 0 amide bonds. The Kier molecular flexibility index (Phi) is 6.95. The smallest absolute Gasteiger partial charge is 0.138 e. The molecule has 3 nitrogen and oxygen atoms in total. The predicted molar refractivity (Wildman–Crippen MR) is 214 cm³/mol. The second kappa shape index (κ2) is 12.1. The lowest BCUT2D eigenvalue weighted by Crippen LogP contribution is -2.09. The van der Waals surface area contributed by atoms with E-state index in [1.54, 1.807) is 0 Å². The SMILES string of the molecule is C1=NCCc2c1c1cc(-c3ccccc3)ccc1n2-c1cccc(-c2ccc(-c3c4ccccc4c(-c4ccccc4)c4ccccc34)cc2)n1. The van der Waals surface area contributed by atoms with Gasteiger partial charge >= 0.3 is 0 Å². The Morgan fingerprint density at radius 1 is 0.431 bits per heavy atom. The van der Waals surface area contributed by atoms with E-state index in [-0.39, 0.29) is 0 Å². The largest absolute Gasteiger partial charge is 0.297 e. The first-order chi connectivity index (χ1) is 25.3. The number of aromatic nitrogens is 2. The molecular formula is C48H33N3. The molecule has 0 bridgehead atoms. The van der Waals surface area contributed by atoms with Crippen LogP contribution in [0.2, 0.25) is 0 Å². The molecule has 0 saturated carbocycles. The van der Waals surface area contributed by atoms with Crippen molar-refractivity contribution in [2.24, 2.45) is 4.99 Å². The summed E-state index contributed by atoms with van der Waals surface area (Å²) in [5, 5.41) is 6.25. The molecule has 0 aliphatic carbocycles. The fraction of sp³-hybridized carbons (Fsp3) is 0.0417. The summed E-state index contributed by atoms with van der Waals surface area (Å²) in [7, 11) is 0. The molecule has 0 fully saturated rings. The number of benzene rings is 7. The normalized spacial score (nSPS) is 12.5. The molecule has 1 aliphatic heterocycles. The molecule has 0 saturated heterocycles. The molecular weight excluding hydrogens is 619 g/mol. The van der Waals surface area contributed by atoms with E-state index in [2.05, 4.69) is 186 Å². The number of nitrogens with zero attached hydrogens (tertiary/aromatic N) is 3. The van der Waals surface area contributed by atoms with Gasteiger partial charge < -0.3 is 0 Å². The van der Waals surface area contributed by atoms with Crippen LogP contribution in [-0.2, 0) is 6.42 Å². The molecule has 0 radical (unpaired) electrons. The van der Waals surface area contributed by atoms with Gasteiger partial charge in [-0.05, 0) is 79.2 Å². The molecule has 0 atom stereocenters. The molecule has 1 aliphatic rings. The van der Waals surface area contributed by atoms with Gasteiger partial charge in [0.25, 0.3) is 0 Å². The molecule has 3 heterocycles. The van der Waals surface area contributed by atoms with Crippen molar-refractivity contribution < 1.29 is 0 Å². The van der Waals surface area contributed by atoms with Gasteiger partial charge in [-0.15, -0.1) is 0 Å². The van der Waals surface area contributed by atoms with Gasteiger partial charge in [-0.3, -0.25) is 9.56 Å². The fourth-order valence-corrected chi connectivity index (χ4v) is 8.03.